The number of rotatable bonds is 3. The third-order valence-corrected chi connectivity index (χ3v) is 3.16. The van der Waals surface area contributed by atoms with E-state index < -0.39 is 5.91 Å². The van der Waals surface area contributed by atoms with Crippen LogP contribution in [0.15, 0.2) is 23.0 Å². The van der Waals surface area contributed by atoms with Crippen molar-refractivity contribution in [2.24, 2.45) is 0 Å². The molecule has 8 heteroatoms. The zero-order valence-corrected chi connectivity index (χ0v) is 10.6. The number of nitrogens with zero attached hydrogens (tertiary/aromatic N) is 3. The third-order valence-electron chi connectivity index (χ3n) is 3.16. The molecular weight excluding hydrogens is 262 g/mol. The average molecular weight is 275 g/mol. The van der Waals surface area contributed by atoms with Crippen LogP contribution in [0.3, 0.4) is 0 Å². The summed E-state index contributed by atoms with van der Waals surface area (Å²) >= 11 is 0. The van der Waals surface area contributed by atoms with Crippen molar-refractivity contribution in [1.29, 1.82) is 0 Å². The molecule has 3 heterocycles. The highest BCUT2D eigenvalue weighted by Gasteiger charge is 2.26. The number of H-pyrrole nitrogens is 1. The van der Waals surface area contributed by atoms with Crippen molar-refractivity contribution < 1.29 is 14.0 Å². The molecule has 0 aliphatic carbocycles. The Morgan fingerprint density at radius 2 is 2.10 bits per heavy atom. The van der Waals surface area contributed by atoms with Crippen LogP contribution in [0.5, 0.6) is 0 Å². The first-order valence-electron chi connectivity index (χ1n) is 6.29. The maximum absolute atomic E-state index is 12.2. The lowest BCUT2D eigenvalue weighted by Gasteiger charge is -2.13. The van der Waals surface area contributed by atoms with Crippen molar-refractivity contribution in [3.63, 3.8) is 0 Å². The third kappa shape index (κ3) is 2.27. The molecule has 0 atom stereocenters. The number of furan rings is 1. The van der Waals surface area contributed by atoms with E-state index >= 15 is 0 Å². The molecule has 0 unspecified atom stereocenters. The van der Waals surface area contributed by atoms with E-state index in [0.29, 0.717) is 18.7 Å². The standard InChI is InChI=1S/C12H13N5O3/c18-11(8-3-6-20-7-8)13-10-9(14-16-15-10)12(19)17-4-1-2-5-17/h3,6-7H,1-2,4-5H2,(H2,13,14,15,16,18). The van der Waals surface area contributed by atoms with Gasteiger partial charge in [0.1, 0.15) is 6.26 Å². The van der Waals surface area contributed by atoms with E-state index in [0.717, 1.165) is 12.8 Å². The van der Waals surface area contributed by atoms with Crippen LogP contribution in [0.1, 0.15) is 33.7 Å². The molecule has 2 N–H and O–H groups in total. The van der Waals surface area contributed by atoms with Gasteiger partial charge in [-0.1, -0.05) is 0 Å². The van der Waals surface area contributed by atoms with Gasteiger partial charge < -0.3 is 14.6 Å². The van der Waals surface area contributed by atoms with Crippen molar-refractivity contribution >= 4 is 17.6 Å². The Kier molecular flexibility index (Phi) is 3.20. The number of aromatic nitrogens is 3. The number of aromatic amines is 1. The van der Waals surface area contributed by atoms with E-state index in [2.05, 4.69) is 20.7 Å². The fourth-order valence-corrected chi connectivity index (χ4v) is 2.11. The smallest absolute Gasteiger partial charge is 0.278 e. The Morgan fingerprint density at radius 1 is 1.30 bits per heavy atom. The summed E-state index contributed by atoms with van der Waals surface area (Å²) in [6.07, 6.45) is 4.69. The van der Waals surface area contributed by atoms with Gasteiger partial charge in [0.15, 0.2) is 11.5 Å². The fourth-order valence-electron chi connectivity index (χ4n) is 2.11. The van der Waals surface area contributed by atoms with Crippen LogP contribution in [0.2, 0.25) is 0 Å². The van der Waals surface area contributed by atoms with Gasteiger partial charge in [-0.3, -0.25) is 9.59 Å². The number of likely N-dealkylation sites (tertiary alicyclic amines) is 1. The van der Waals surface area contributed by atoms with Crippen molar-refractivity contribution in [3.8, 4) is 0 Å². The molecule has 0 radical (unpaired) electrons. The van der Waals surface area contributed by atoms with Gasteiger partial charge in [-0.05, 0) is 18.9 Å². The maximum atomic E-state index is 12.2. The summed E-state index contributed by atoms with van der Waals surface area (Å²) in [6.45, 7) is 1.42. The first-order valence-corrected chi connectivity index (χ1v) is 6.29. The van der Waals surface area contributed by atoms with Crippen LogP contribution in [0.4, 0.5) is 5.82 Å². The van der Waals surface area contributed by atoms with Crippen LogP contribution in [-0.2, 0) is 0 Å². The Balaban J connectivity index is 1.76. The molecule has 2 aromatic heterocycles. The highest BCUT2D eigenvalue weighted by Crippen LogP contribution is 2.16. The van der Waals surface area contributed by atoms with Crippen LogP contribution in [-0.4, -0.2) is 45.2 Å². The number of amides is 2. The minimum atomic E-state index is -0.400. The molecule has 0 aromatic carbocycles. The number of anilines is 1. The van der Waals surface area contributed by atoms with E-state index in [1.54, 1.807) is 4.90 Å². The van der Waals surface area contributed by atoms with Crippen LogP contribution in [0.25, 0.3) is 0 Å². The molecule has 1 saturated heterocycles. The predicted molar refractivity (Wildman–Crippen MR) is 68.2 cm³/mol. The Bertz CT molecular complexity index is 613. The zero-order chi connectivity index (χ0) is 13.9. The van der Waals surface area contributed by atoms with Gasteiger partial charge >= 0.3 is 0 Å². The summed E-state index contributed by atoms with van der Waals surface area (Å²) in [5.74, 6) is -0.491. The summed E-state index contributed by atoms with van der Waals surface area (Å²) in [4.78, 5) is 25.8. The first kappa shape index (κ1) is 12.4. The molecule has 0 bridgehead atoms. The van der Waals surface area contributed by atoms with Crippen molar-refractivity contribution in [1.82, 2.24) is 20.3 Å². The number of carbonyl (C=O) groups excluding carboxylic acids is 2. The van der Waals surface area contributed by atoms with E-state index in [1.165, 1.54) is 18.6 Å². The maximum Gasteiger partial charge on any atom is 0.278 e. The molecule has 0 saturated carbocycles. The molecule has 20 heavy (non-hydrogen) atoms. The second kappa shape index (κ2) is 5.16. The van der Waals surface area contributed by atoms with Gasteiger partial charge in [-0.2, -0.15) is 5.21 Å². The SMILES string of the molecule is O=C(Nc1n[nH]nc1C(=O)N1CCCC1)c1ccoc1. The minimum Gasteiger partial charge on any atom is -0.472 e. The number of carbonyl (C=O) groups is 2. The summed E-state index contributed by atoms with van der Waals surface area (Å²) in [5, 5.41) is 12.6. The molecule has 1 aliphatic heterocycles. The molecule has 0 spiro atoms. The van der Waals surface area contributed by atoms with Crippen molar-refractivity contribution in [2.45, 2.75) is 12.8 Å². The van der Waals surface area contributed by atoms with Crippen LogP contribution >= 0.6 is 0 Å². The normalized spacial score (nSPS) is 14.5. The lowest BCUT2D eigenvalue weighted by atomic mass is 10.3. The minimum absolute atomic E-state index is 0.128. The van der Waals surface area contributed by atoms with Gasteiger partial charge in [0.05, 0.1) is 11.8 Å². The van der Waals surface area contributed by atoms with Crippen LogP contribution in [0, 0.1) is 0 Å². The molecule has 2 amide bonds. The largest absolute Gasteiger partial charge is 0.472 e. The first-order chi connectivity index (χ1) is 9.75. The van der Waals surface area contributed by atoms with Crippen molar-refractivity contribution in [3.05, 3.63) is 29.9 Å². The van der Waals surface area contributed by atoms with Gasteiger partial charge in [0.25, 0.3) is 11.8 Å². The highest BCUT2D eigenvalue weighted by molar-refractivity contribution is 6.07. The topological polar surface area (TPSA) is 104 Å². The summed E-state index contributed by atoms with van der Waals surface area (Å²) < 4.78 is 4.83. The number of nitrogens with one attached hydrogen (secondary N) is 2. The molecule has 1 fully saturated rings. The molecule has 104 valence electrons. The lowest BCUT2D eigenvalue weighted by molar-refractivity contribution is 0.0788. The average Bonchev–Trinajstić information content (AvgIpc) is 3.20. The predicted octanol–water partition coefficient (Wildman–Crippen LogP) is 0.886. The molecule has 2 aromatic rings. The van der Waals surface area contributed by atoms with Gasteiger partial charge in [-0.15, -0.1) is 10.2 Å². The van der Waals surface area contributed by atoms with E-state index in [1.807, 2.05) is 0 Å². The second-order valence-electron chi connectivity index (χ2n) is 4.49. The summed E-state index contributed by atoms with van der Waals surface area (Å²) in [6, 6.07) is 1.53. The van der Waals surface area contributed by atoms with E-state index in [9.17, 15) is 9.59 Å². The van der Waals surface area contributed by atoms with Gasteiger partial charge in [0.2, 0.25) is 0 Å². The quantitative estimate of drug-likeness (QED) is 0.865. The van der Waals surface area contributed by atoms with Crippen LogP contribution < -0.4 is 5.32 Å². The Hall–Kier alpha value is -2.64. The molecule has 1 aliphatic rings. The second-order valence-corrected chi connectivity index (χ2v) is 4.49. The highest BCUT2D eigenvalue weighted by atomic mass is 16.3. The molecular formula is C12H13N5O3. The van der Waals surface area contributed by atoms with E-state index in [4.69, 9.17) is 4.42 Å². The Morgan fingerprint density at radius 3 is 2.80 bits per heavy atom. The lowest BCUT2D eigenvalue weighted by Crippen LogP contribution is -2.29. The van der Waals surface area contributed by atoms with Crippen molar-refractivity contribution in [2.75, 3.05) is 18.4 Å². The van der Waals surface area contributed by atoms with Gasteiger partial charge in [-0.25, -0.2) is 0 Å². The fraction of sp³-hybridized carbons (Fsp3) is 0.333. The van der Waals surface area contributed by atoms with E-state index in [-0.39, 0.29) is 17.4 Å². The monoisotopic (exact) mass is 275 g/mol. The zero-order valence-electron chi connectivity index (χ0n) is 10.6. The summed E-state index contributed by atoms with van der Waals surface area (Å²) in [7, 11) is 0. The number of hydrogen-bond acceptors (Lipinski definition) is 5. The molecule has 3 rings (SSSR count). The summed E-state index contributed by atoms with van der Waals surface area (Å²) in [5.41, 5.74) is 0.483. The van der Waals surface area contributed by atoms with Gasteiger partial charge in [0, 0.05) is 13.1 Å². The Labute approximate surface area is 114 Å². The number of hydrogen-bond donors (Lipinski definition) is 2. The molecule has 8 nitrogen and oxygen atoms in total.